The largest absolute Gasteiger partial charge is 0.381 e. The molecule has 0 aliphatic carbocycles. The first kappa shape index (κ1) is 12.0. The van der Waals surface area contributed by atoms with Gasteiger partial charge in [-0.15, -0.1) is 0 Å². The van der Waals surface area contributed by atoms with Crippen LogP contribution in [0, 0.1) is 5.92 Å². The smallest absolute Gasteiger partial charge is 0.0584 e. The van der Waals surface area contributed by atoms with Crippen molar-refractivity contribution in [2.24, 2.45) is 11.7 Å². The number of hydrogen-bond acceptors (Lipinski definition) is 3. The first-order valence-corrected chi connectivity index (χ1v) is 5.76. The molecule has 84 valence electrons. The third kappa shape index (κ3) is 4.40. The number of ether oxygens (including phenoxy) is 2. The molecule has 2 N–H and O–H groups in total. The molecule has 3 heteroatoms. The Balaban J connectivity index is 2.10. The number of nitrogens with two attached hydrogens (primary N) is 1. The average Bonchev–Trinajstić information content (AvgIpc) is 2.25. The molecule has 14 heavy (non-hydrogen) atoms. The van der Waals surface area contributed by atoms with Gasteiger partial charge in [-0.1, -0.05) is 6.92 Å². The third-order valence-corrected chi connectivity index (χ3v) is 2.85. The Morgan fingerprint density at radius 3 is 2.71 bits per heavy atom. The minimum atomic E-state index is 0.364. The van der Waals surface area contributed by atoms with Gasteiger partial charge in [0, 0.05) is 19.8 Å². The van der Waals surface area contributed by atoms with Gasteiger partial charge in [-0.3, -0.25) is 0 Å². The van der Waals surface area contributed by atoms with E-state index in [4.69, 9.17) is 15.2 Å². The molecular weight excluding hydrogens is 178 g/mol. The van der Waals surface area contributed by atoms with Crippen molar-refractivity contribution >= 4 is 0 Å². The molecule has 1 aliphatic heterocycles. The van der Waals surface area contributed by atoms with Crippen molar-refractivity contribution < 1.29 is 9.47 Å². The predicted octanol–water partition coefficient (Wildman–Crippen LogP) is 1.56. The van der Waals surface area contributed by atoms with Gasteiger partial charge in [0.2, 0.25) is 0 Å². The topological polar surface area (TPSA) is 44.5 Å². The molecule has 1 rings (SSSR count). The summed E-state index contributed by atoms with van der Waals surface area (Å²) in [6, 6.07) is 0. The number of hydrogen-bond donors (Lipinski definition) is 1. The Hall–Kier alpha value is -0.120. The highest BCUT2D eigenvalue weighted by Gasteiger charge is 2.15. The van der Waals surface area contributed by atoms with E-state index in [1.807, 2.05) is 0 Å². The Bertz CT molecular complexity index is 130. The Kier molecular flexibility index (Phi) is 6.15. The second-order valence-electron chi connectivity index (χ2n) is 4.00. The minimum Gasteiger partial charge on any atom is -0.381 e. The minimum absolute atomic E-state index is 0.364. The summed E-state index contributed by atoms with van der Waals surface area (Å²) in [7, 11) is 0. The van der Waals surface area contributed by atoms with Gasteiger partial charge in [0.15, 0.2) is 0 Å². The molecule has 0 saturated carbocycles. The van der Waals surface area contributed by atoms with Crippen molar-refractivity contribution in [3.05, 3.63) is 0 Å². The molecule has 1 saturated heterocycles. The van der Waals surface area contributed by atoms with Crippen LogP contribution in [0.5, 0.6) is 0 Å². The lowest BCUT2D eigenvalue weighted by atomic mass is 10.0. The molecule has 0 aromatic rings. The van der Waals surface area contributed by atoms with Crippen molar-refractivity contribution in [2.45, 2.75) is 38.7 Å². The third-order valence-electron chi connectivity index (χ3n) is 2.85. The van der Waals surface area contributed by atoms with Crippen LogP contribution in [0.2, 0.25) is 0 Å². The van der Waals surface area contributed by atoms with Crippen molar-refractivity contribution in [2.75, 3.05) is 26.4 Å². The van der Waals surface area contributed by atoms with Crippen molar-refractivity contribution in [3.8, 4) is 0 Å². The summed E-state index contributed by atoms with van der Waals surface area (Å²) < 4.78 is 11.1. The van der Waals surface area contributed by atoms with Gasteiger partial charge in [-0.05, 0) is 38.1 Å². The van der Waals surface area contributed by atoms with E-state index in [0.29, 0.717) is 12.0 Å². The van der Waals surface area contributed by atoms with E-state index in [-0.39, 0.29) is 0 Å². The SMILES string of the molecule is CCC(CCN)OCC1CCOCC1. The lowest BCUT2D eigenvalue weighted by Crippen LogP contribution is -2.24. The van der Waals surface area contributed by atoms with Crippen LogP contribution in [0.3, 0.4) is 0 Å². The van der Waals surface area contributed by atoms with E-state index in [1.54, 1.807) is 0 Å². The zero-order chi connectivity index (χ0) is 10.2. The first-order valence-electron chi connectivity index (χ1n) is 5.76. The summed E-state index contributed by atoms with van der Waals surface area (Å²) >= 11 is 0. The standard InChI is InChI=1S/C11H23NO2/c1-2-11(3-6-12)14-9-10-4-7-13-8-5-10/h10-11H,2-9,12H2,1H3. The fourth-order valence-corrected chi connectivity index (χ4v) is 1.78. The van der Waals surface area contributed by atoms with Crippen LogP contribution in [0.1, 0.15) is 32.6 Å². The van der Waals surface area contributed by atoms with Crippen LogP contribution in [0.4, 0.5) is 0 Å². The summed E-state index contributed by atoms with van der Waals surface area (Å²) in [4.78, 5) is 0. The average molecular weight is 201 g/mol. The number of rotatable bonds is 6. The van der Waals surface area contributed by atoms with Crippen molar-refractivity contribution in [1.29, 1.82) is 0 Å². The highest BCUT2D eigenvalue weighted by atomic mass is 16.5. The molecular formula is C11H23NO2. The molecule has 3 nitrogen and oxygen atoms in total. The van der Waals surface area contributed by atoms with E-state index in [0.717, 1.165) is 52.0 Å². The second-order valence-corrected chi connectivity index (χ2v) is 4.00. The normalized spacial score (nSPS) is 21.0. The van der Waals surface area contributed by atoms with Gasteiger partial charge >= 0.3 is 0 Å². The summed E-state index contributed by atoms with van der Waals surface area (Å²) in [6.45, 7) is 5.59. The van der Waals surface area contributed by atoms with Crippen molar-refractivity contribution in [3.63, 3.8) is 0 Å². The summed E-state index contributed by atoms with van der Waals surface area (Å²) in [5.74, 6) is 0.704. The van der Waals surface area contributed by atoms with E-state index < -0.39 is 0 Å². The lowest BCUT2D eigenvalue weighted by molar-refractivity contribution is -0.0138. The molecule has 0 aromatic carbocycles. The summed E-state index contributed by atoms with van der Waals surface area (Å²) in [6.07, 6.45) is 4.72. The van der Waals surface area contributed by atoms with Gasteiger partial charge in [-0.2, -0.15) is 0 Å². The molecule has 1 aliphatic rings. The monoisotopic (exact) mass is 201 g/mol. The summed E-state index contributed by atoms with van der Waals surface area (Å²) in [5.41, 5.74) is 5.51. The van der Waals surface area contributed by atoms with E-state index in [2.05, 4.69) is 6.92 Å². The van der Waals surface area contributed by atoms with E-state index >= 15 is 0 Å². The maximum atomic E-state index is 5.84. The fraction of sp³-hybridized carbons (Fsp3) is 1.00. The van der Waals surface area contributed by atoms with Crippen LogP contribution in [-0.2, 0) is 9.47 Å². The van der Waals surface area contributed by atoms with Gasteiger partial charge in [-0.25, -0.2) is 0 Å². The highest BCUT2D eigenvalue weighted by molar-refractivity contribution is 4.64. The molecule has 0 amide bonds. The van der Waals surface area contributed by atoms with Crippen LogP contribution < -0.4 is 5.73 Å². The van der Waals surface area contributed by atoms with E-state index in [1.165, 1.54) is 0 Å². The van der Waals surface area contributed by atoms with Gasteiger partial charge in [0.25, 0.3) is 0 Å². The molecule has 1 atom stereocenters. The maximum absolute atomic E-state index is 5.84. The van der Waals surface area contributed by atoms with Crippen LogP contribution >= 0.6 is 0 Å². The Labute approximate surface area is 86.9 Å². The zero-order valence-electron chi connectivity index (χ0n) is 9.21. The van der Waals surface area contributed by atoms with Gasteiger partial charge in [0.1, 0.15) is 0 Å². The van der Waals surface area contributed by atoms with Crippen molar-refractivity contribution in [1.82, 2.24) is 0 Å². The highest BCUT2D eigenvalue weighted by Crippen LogP contribution is 2.16. The Morgan fingerprint density at radius 1 is 1.43 bits per heavy atom. The predicted molar refractivity (Wildman–Crippen MR) is 57.2 cm³/mol. The van der Waals surface area contributed by atoms with Crippen LogP contribution in [-0.4, -0.2) is 32.5 Å². The Morgan fingerprint density at radius 2 is 2.14 bits per heavy atom. The van der Waals surface area contributed by atoms with Crippen LogP contribution in [0.15, 0.2) is 0 Å². The molecule has 1 heterocycles. The molecule has 0 aromatic heterocycles. The van der Waals surface area contributed by atoms with Gasteiger partial charge < -0.3 is 15.2 Å². The van der Waals surface area contributed by atoms with E-state index in [9.17, 15) is 0 Å². The molecule has 1 fully saturated rings. The van der Waals surface area contributed by atoms with Crippen LogP contribution in [0.25, 0.3) is 0 Å². The molecule has 0 spiro atoms. The molecule has 1 unspecified atom stereocenters. The fourth-order valence-electron chi connectivity index (χ4n) is 1.78. The lowest BCUT2D eigenvalue weighted by Gasteiger charge is -2.24. The molecule has 0 radical (unpaired) electrons. The van der Waals surface area contributed by atoms with Gasteiger partial charge in [0.05, 0.1) is 6.10 Å². The quantitative estimate of drug-likeness (QED) is 0.709. The second kappa shape index (κ2) is 7.21. The zero-order valence-corrected chi connectivity index (χ0v) is 9.21. The molecule has 0 bridgehead atoms. The maximum Gasteiger partial charge on any atom is 0.0584 e. The first-order chi connectivity index (χ1) is 6.86. The summed E-state index contributed by atoms with van der Waals surface area (Å²) in [5, 5.41) is 0.